The Balaban J connectivity index is 2.04. The molecule has 0 aliphatic rings. The monoisotopic (exact) mass is 333 g/mol. The first-order valence-electron chi connectivity index (χ1n) is 7.36. The number of rotatable bonds is 7. The Bertz CT molecular complexity index is 677. The molecular formula is C17H20ClN3O2. The fourth-order valence-corrected chi connectivity index (χ4v) is 2.20. The van der Waals surface area contributed by atoms with Crippen molar-refractivity contribution in [3.63, 3.8) is 0 Å². The molecule has 2 rings (SSSR count). The second-order valence-electron chi connectivity index (χ2n) is 5.12. The van der Waals surface area contributed by atoms with Crippen molar-refractivity contribution in [2.24, 2.45) is 0 Å². The Labute approximate surface area is 141 Å². The summed E-state index contributed by atoms with van der Waals surface area (Å²) >= 11 is 6.02. The Kier molecular flexibility index (Phi) is 6.38. The van der Waals surface area contributed by atoms with Gasteiger partial charge < -0.3 is 15.4 Å². The highest BCUT2D eigenvalue weighted by Crippen LogP contribution is 2.24. The highest BCUT2D eigenvalue weighted by Gasteiger charge is 2.08. The lowest BCUT2D eigenvalue weighted by molar-refractivity contribution is 0.0943. The summed E-state index contributed by atoms with van der Waals surface area (Å²) in [6.07, 6.45) is 2.37. The molecule has 1 amide bonds. The third-order valence-electron chi connectivity index (χ3n) is 3.28. The number of benzene rings is 1. The summed E-state index contributed by atoms with van der Waals surface area (Å²) in [5.74, 6) is -0.201. The molecule has 0 unspecified atom stereocenters. The van der Waals surface area contributed by atoms with Gasteiger partial charge in [0, 0.05) is 42.9 Å². The molecular weight excluding hydrogens is 314 g/mol. The van der Waals surface area contributed by atoms with Gasteiger partial charge in [-0.05, 0) is 43.2 Å². The van der Waals surface area contributed by atoms with Gasteiger partial charge in [0.25, 0.3) is 5.91 Å². The van der Waals surface area contributed by atoms with Gasteiger partial charge in [-0.25, -0.2) is 0 Å². The minimum absolute atomic E-state index is 0.201. The number of nitrogens with one attached hydrogen (secondary N) is 2. The zero-order chi connectivity index (χ0) is 16.7. The SMILES string of the molecule is COCCCNC(=O)c1cc(Nc2cc(Cl)ccc2C)ccn1. The van der Waals surface area contributed by atoms with E-state index in [0.717, 1.165) is 23.4 Å². The maximum Gasteiger partial charge on any atom is 0.269 e. The van der Waals surface area contributed by atoms with E-state index in [0.29, 0.717) is 23.9 Å². The molecule has 1 aromatic heterocycles. The van der Waals surface area contributed by atoms with Gasteiger partial charge in [-0.15, -0.1) is 0 Å². The fraction of sp³-hybridized carbons (Fsp3) is 0.294. The fourth-order valence-electron chi connectivity index (χ4n) is 2.03. The van der Waals surface area contributed by atoms with Gasteiger partial charge in [0.05, 0.1) is 0 Å². The van der Waals surface area contributed by atoms with Gasteiger partial charge in [0.2, 0.25) is 0 Å². The van der Waals surface area contributed by atoms with E-state index in [1.165, 1.54) is 0 Å². The van der Waals surface area contributed by atoms with Crippen LogP contribution in [0.25, 0.3) is 0 Å². The molecule has 0 bridgehead atoms. The molecule has 0 radical (unpaired) electrons. The molecule has 0 aliphatic heterocycles. The maximum atomic E-state index is 12.1. The molecule has 5 nitrogen and oxygen atoms in total. The first-order chi connectivity index (χ1) is 11.1. The van der Waals surface area contributed by atoms with Crippen molar-refractivity contribution in [1.29, 1.82) is 0 Å². The van der Waals surface area contributed by atoms with E-state index in [2.05, 4.69) is 15.6 Å². The van der Waals surface area contributed by atoms with Crippen LogP contribution in [0, 0.1) is 6.92 Å². The third kappa shape index (κ3) is 5.23. The largest absolute Gasteiger partial charge is 0.385 e. The lowest BCUT2D eigenvalue weighted by Gasteiger charge is -2.11. The van der Waals surface area contributed by atoms with Crippen LogP contribution in [0.1, 0.15) is 22.5 Å². The molecule has 0 saturated heterocycles. The molecule has 6 heteroatoms. The van der Waals surface area contributed by atoms with Gasteiger partial charge in [-0.1, -0.05) is 17.7 Å². The molecule has 0 atom stereocenters. The second-order valence-corrected chi connectivity index (χ2v) is 5.55. The number of nitrogens with zero attached hydrogens (tertiary/aromatic N) is 1. The van der Waals surface area contributed by atoms with Crippen molar-refractivity contribution >= 4 is 28.9 Å². The van der Waals surface area contributed by atoms with Crippen molar-refractivity contribution in [3.8, 4) is 0 Å². The average Bonchev–Trinajstić information content (AvgIpc) is 2.55. The van der Waals surface area contributed by atoms with Crippen molar-refractivity contribution in [1.82, 2.24) is 10.3 Å². The Hall–Kier alpha value is -2.11. The van der Waals surface area contributed by atoms with Crippen LogP contribution in [-0.4, -0.2) is 31.2 Å². The normalized spacial score (nSPS) is 10.4. The van der Waals surface area contributed by atoms with E-state index in [4.69, 9.17) is 16.3 Å². The number of halogens is 1. The Morgan fingerprint density at radius 2 is 2.13 bits per heavy atom. The third-order valence-corrected chi connectivity index (χ3v) is 3.52. The number of pyridine rings is 1. The number of hydrogen-bond donors (Lipinski definition) is 2. The number of carbonyl (C=O) groups is 1. The van der Waals surface area contributed by atoms with E-state index in [1.54, 1.807) is 19.4 Å². The topological polar surface area (TPSA) is 63.2 Å². The molecule has 122 valence electrons. The van der Waals surface area contributed by atoms with Crippen LogP contribution in [-0.2, 0) is 4.74 Å². The molecule has 2 N–H and O–H groups in total. The number of anilines is 2. The van der Waals surface area contributed by atoms with Crippen LogP contribution in [0.5, 0.6) is 0 Å². The highest BCUT2D eigenvalue weighted by molar-refractivity contribution is 6.30. The summed E-state index contributed by atoms with van der Waals surface area (Å²) in [4.78, 5) is 16.2. The van der Waals surface area contributed by atoms with E-state index in [1.807, 2.05) is 31.2 Å². The van der Waals surface area contributed by atoms with E-state index in [9.17, 15) is 4.79 Å². The lowest BCUT2D eigenvalue weighted by atomic mass is 10.2. The predicted molar refractivity (Wildman–Crippen MR) is 92.5 cm³/mol. The second kappa shape index (κ2) is 8.50. The number of amides is 1. The van der Waals surface area contributed by atoms with Crippen LogP contribution >= 0.6 is 11.6 Å². The molecule has 2 aromatic rings. The average molecular weight is 334 g/mol. The van der Waals surface area contributed by atoms with E-state index < -0.39 is 0 Å². The van der Waals surface area contributed by atoms with Gasteiger partial charge in [-0.2, -0.15) is 0 Å². The Morgan fingerprint density at radius 1 is 1.30 bits per heavy atom. The van der Waals surface area contributed by atoms with Gasteiger partial charge in [0.15, 0.2) is 0 Å². The zero-order valence-corrected chi connectivity index (χ0v) is 14.0. The number of methoxy groups -OCH3 is 1. The quantitative estimate of drug-likeness (QED) is 0.760. The number of aryl methyl sites for hydroxylation is 1. The first-order valence-corrected chi connectivity index (χ1v) is 7.74. The minimum Gasteiger partial charge on any atom is -0.385 e. The van der Waals surface area contributed by atoms with Crippen LogP contribution in [0.15, 0.2) is 36.5 Å². The summed E-state index contributed by atoms with van der Waals surface area (Å²) in [6.45, 7) is 3.16. The maximum absolute atomic E-state index is 12.1. The van der Waals surface area contributed by atoms with Crippen LogP contribution in [0.3, 0.4) is 0 Å². The number of hydrogen-bond acceptors (Lipinski definition) is 4. The first kappa shape index (κ1) is 17.2. The van der Waals surface area contributed by atoms with Crippen molar-refractivity contribution < 1.29 is 9.53 Å². The molecule has 1 aromatic carbocycles. The van der Waals surface area contributed by atoms with E-state index >= 15 is 0 Å². The van der Waals surface area contributed by atoms with Crippen LogP contribution in [0.2, 0.25) is 5.02 Å². The van der Waals surface area contributed by atoms with Gasteiger partial charge in [0.1, 0.15) is 5.69 Å². The van der Waals surface area contributed by atoms with Crippen LogP contribution in [0.4, 0.5) is 11.4 Å². The van der Waals surface area contributed by atoms with E-state index in [-0.39, 0.29) is 5.91 Å². The smallest absolute Gasteiger partial charge is 0.269 e. The van der Waals surface area contributed by atoms with Crippen LogP contribution < -0.4 is 10.6 Å². The molecule has 1 heterocycles. The number of aromatic nitrogens is 1. The number of carbonyl (C=O) groups excluding carboxylic acids is 1. The predicted octanol–water partition coefficient (Wildman–Crippen LogP) is 3.55. The lowest BCUT2D eigenvalue weighted by Crippen LogP contribution is -2.26. The molecule has 23 heavy (non-hydrogen) atoms. The molecule has 0 spiro atoms. The minimum atomic E-state index is -0.201. The summed E-state index contributed by atoms with van der Waals surface area (Å²) in [5.41, 5.74) is 3.12. The van der Waals surface area contributed by atoms with Crippen molar-refractivity contribution in [2.75, 3.05) is 25.6 Å². The van der Waals surface area contributed by atoms with Gasteiger partial charge in [-0.3, -0.25) is 9.78 Å². The summed E-state index contributed by atoms with van der Waals surface area (Å²) in [5, 5.41) is 6.73. The number of ether oxygens (including phenoxy) is 1. The standard InChI is InChI=1S/C17H20ClN3O2/c1-12-4-5-13(18)10-15(12)21-14-6-8-19-16(11-14)17(22)20-7-3-9-23-2/h4-6,8,10-11H,3,7,9H2,1-2H3,(H,19,21)(H,20,22). The summed E-state index contributed by atoms with van der Waals surface area (Å²) < 4.78 is 4.95. The van der Waals surface area contributed by atoms with Gasteiger partial charge >= 0.3 is 0 Å². The summed E-state index contributed by atoms with van der Waals surface area (Å²) in [6, 6.07) is 9.15. The molecule has 0 fully saturated rings. The Morgan fingerprint density at radius 3 is 2.91 bits per heavy atom. The van der Waals surface area contributed by atoms with Crippen molar-refractivity contribution in [2.45, 2.75) is 13.3 Å². The molecule has 0 aliphatic carbocycles. The summed E-state index contributed by atoms with van der Waals surface area (Å²) in [7, 11) is 1.64. The highest BCUT2D eigenvalue weighted by atomic mass is 35.5. The zero-order valence-electron chi connectivity index (χ0n) is 13.2. The van der Waals surface area contributed by atoms with Crippen molar-refractivity contribution in [3.05, 3.63) is 52.8 Å². The molecule has 0 saturated carbocycles.